The van der Waals surface area contributed by atoms with Gasteiger partial charge >= 0.3 is 0 Å². The van der Waals surface area contributed by atoms with Crippen molar-refractivity contribution in [3.8, 4) is 0 Å². The van der Waals surface area contributed by atoms with Crippen molar-refractivity contribution >= 4 is 5.69 Å². The number of rotatable bonds is 0. The molecule has 2 aliphatic rings. The van der Waals surface area contributed by atoms with Crippen LogP contribution in [0.5, 0.6) is 0 Å². The minimum absolute atomic E-state index is 0.166. The number of piperidine rings is 1. The van der Waals surface area contributed by atoms with Gasteiger partial charge in [0, 0.05) is 29.7 Å². The number of anilines is 1. The van der Waals surface area contributed by atoms with Crippen molar-refractivity contribution < 1.29 is 0 Å². The van der Waals surface area contributed by atoms with Crippen molar-refractivity contribution in [3.63, 3.8) is 0 Å². The van der Waals surface area contributed by atoms with Gasteiger partial charge in [0.1, 0.15) is 0 Å². The molecule has 0 amide bonds. The van der Waals surface area contributed by atoms with E-state index >= 15 is 0 Å². The summed E-state index contributed by atoms with van der Waals surface area (Å²) < 4.78 is 0. The van der Waals surface area contributed by atoms with Crippen LogP contribution in [0.3, 0.4) is 0 Å². The molecular weight excluding hydrogens is 208 g/mol. The molecule has 2 heterocycles. The van der Waals surface area contributed by atoms with Crippen LogP contribution in [-0.4, -0.2) is 18.1 Å². The zero-order chi connectivity index (χ0) is 12.3. The standard InChI is InChI=1S/C15H22N2/c1-14(2)9-16-15(3,4)12-10-7-5-6-8-11(10)17-13(12)14/h5-8,12-13,16-17H,9H2,1-4H3/t12-,13+/m1/s1. The molecule has 0 unspecified atom stereocenters. The third-order valence-electron chi connectivity index (χ3n) is 4.56. The van der Waals surface area contributed by atoms with Crippen LogP contribution in [0.1, 0.15) is 39.2 Å². The van der Waals surface area contributed by atoms with Crippen LogP contribution in [-0.2, 0) is 0 Å². The van der Waals surface area contributed by atoms with Gasteiger partial charge in [-0.3, -0.25) is 0 Å². The van der Waals surface area contributed by atoms with Gasteiger partial charge in [-0.15, -0.1) is 0 Å². The Morgan fingerprint density at radius 2 is 1.82 bits per heavy atom. The van der Waals surface area contributed by atoms with E-state index in [9.17, 15) is 0 Å². The van der Waals surface area contributed by atoms with Crippen LogP contribution < -0.4 is 10.6 Å². The van der Waals surface area contributed by atoms with Crippen LogP contribution in [0.25, 0.3) is 0 Å². The van der Waals surface area contributed by atoms with Crippen LogP contribution in [0, 0.1) is 5.41 Å². The fourth-order valence-corrected chi connectivity index (χ4v) is 3.46. The number of benzene rings is 1. The van der Waals surface area contributed by atoms with E-state index in [1.165, 1.54) is 11.3 Å². The summed E-state index contributed by atoms with van der Waals surface area (Å²) in [5.41, 5.74) is 3.26. The summed E-state index contributed by atoms with van der Waals surface area (Å²) in [5, 5.41) is 7.46. The highest BCUT2D eigenvalue weighted by molar-refractivity contribution is 5.61. The fraction of sp³-hybridized carbons (Fsp3) is 0.600. The lowest BCUT2D eigenvalue weighted by atomic mass is 9.66. The van der Waals surface area contributed by atoms with Gasteiger partial charge in [0.2, 0.25) is 0 Å². The van der Waals surface area contributed by atoms with E-state index in [-0.39, 0.29) is 5.54 Å². The summed E-state index contributed by atoms with van der Waals surface area (Å²) in [6.45, 7) is 10.4. The van der Waals surface area contributed by atoms with Crippen LogP contribution in [0.15, 0.2) is 24.3 Å². The zero-order valence-corrected chi connectivity index (χ0v) is 11.2. The molecule has 2 nitrogen and oxygen atoms in total. The van der Waals surface area contributed by atoms with E-state index in [0.29, 0.717) is 17.4 Å². The smallest absolute Gasteiger partial charge is 0.0411 e. The minimum Gasteiger partial charge on any atom is -0.381 e. The summed E-state index contributed by atoms with van der Waals surface area (Å²) in [7, 11) is 0. The molecule has 2 heteroatoms. The predicted octanol–water partition coefficient (Wildman–Crippen LogP) is 2.97. The average molecular weight is 230 g/mol. The van der Waals surface area contributed by atoms with Gasteiger partial charge in [0.05, 0.1) is 0 Å². The van der Waals surface area contributed by atoms with E-state index in [4.69, 9.17) is 0 Å². The largest absolute Gasteiger partial charge is 0.381 e. The van der Waals surface area contributed by atoms with Crippen molar-refractivity contribution in [2.24, 2.45) is 5.41 Å². The molecular formula is C15H22N2. The van der Waals surface area contributed by atoms with Crippen molar-refractivity contribution in [1.29, 1.82) is 0 Å². The van der Waals surface area contributed by atoms with Gasteiger partial charge in [-0.05, 0) is 30.9 Å². The Bertz CT molecular complexity index is 448. The molecule has 1 aromatic carbocycles. The first-order valence-electron chi connectivity index (χ1n) is 6.52. The Labute approximate surface area is 104 Å². The first kappa shape index (κ1) is 11.1. The summed E-state index contributed by atoms with van der Waals surface area (Å²) in [6.07, 6.45) is 0. The molecule has 1 aromatic rings. The minimum atomic E-state index is 0.166. The van der Waals surface area contributed by atoms with Crippen LogP contribution in [0.2, 0.25) is 0 Å². The van der Waals surface area contributed by atoms with Crippen molar-refractivity contribution in [2.45, 2.75) is 45.2 Å². The van der Waals surface area contributed by atoms with Gasteiger partial charge in [0.15, 0.2) is 0 Å². The highest BCUT2D eigenvalue weighted by atomic mass is 15.1. The molecule has 0 spiro atoms. The Morgan fingerprint density at radius 1 is 1.12 bits per heavy atom. The van der Waals surface area contributed by atoms with Gasteiger partial charge in [0.25, 0.3) is 0 Å². The molecule has 2 atom stereocenters. The number of hydrogen-bond donors (Lipinski definition) is 2. The molecule has 1 saturated heterocycles. The Balaban J connectivity index is 2.11. The summed E-state index contributed by atoms with van der Waals surface area (Å²) in [5.74, 6) is 0.558. The lowest BCUT2D eigenvalue weighted by Crippen LogP contribution is -2.61. The van der Waals surface area contributed by atoms with E-state index in [0.717, 1.165) is 6.54 Å². The van der Waals surface area contributed by atoms with E-state index in [1.54, 1.807) is 0 Å². The SMILES string of the molecule is CC1(C)CNC(C)(C)[C@@H]2c3ccccc3N[C@@H]21. The lowest BCUT2D eigenvalue weighted by molar-refractivity contribution is 0.132. The van der Waals surface area contributed by atoms with E-state index < -0.39 is 0 Å². The number of para-hydroxylation sites is 1. The van der Waals surface area contributed by atoms with Crippen molar-refractivity contribution in [2.75, 3.05) is 11.9 Å². The molecule has 0 saturated carbocycles. The summed E-state index contributed by atoms with van der Waals surface area (Å²) in [6, 6.07) is 9.30. The van der Waals surface area contributed by atoms with Gasteiger partial charge in [-0.1, -0.05) is 32.0 Å². The maximum Gasteiger partial charge on any atom is 0.0411 e. The van der Waals surface area contributed by atoms with Crippen molar-refractivity contribution in [1.82, 2.24) is 5.32 Å². The quantitative estimate of drug-likeness (QED) is 0.716. The van der Waals surface area contributed by atoms with E-state index in [1.807, 2.05) is 0 Å². The summed E-state index contributed by atoms with van der Waals surface area (Å²) in [4.78, 5) is 0. The number of nitrogens with one attached hydrogen (secondary N) is 2. The molecule has 1 fully saturated rings. The average Bonchev–Trinajstić information content (AvgIpc) is 2.66. The molecule has 0 bridgehead atoms. The second-order valence-corrected chi connectivity index (χ2v) is 6.75. The maximum absolute atomic E-state index is 3.74. The Morgan fingerprint density at radius 3 is 2.59 bits per heavy atom. The molecule has 2 N–H and O–H groups in total. The Kier molecular flexibility index (Phi) is 2.13. The number of fused-ring (bicyclic) bond motifs is 3. The molecule has 92 valence electrons. The second kappa shape index (κ2) is 3.26. The third kappa shape index (κ3) is 1.50. The molecule has 0 aliphatic carbocycles. The molecule has 0 radical (unpaired) electrons. The van der Waals surface area contributed by atoms with Gasteiger partial charge in [-0.25, -0.2) is 0 Å². The lowest BCUT2D eigenvalue weighted by Gasteiger charge is -2.50. The highest BCUT2D eigenvalue weighted by Crippen LogP contribution is 2.50. The third-order valence-corrected chi connectivity index (χ3v) is 4.56. The molecule has 0 aromatic heterocycles. The Hall–Kier alpha value is -1.02. The monoisotopic (exact) mass is 230 g/mol. The van der Waals surface area contributed by atoms with Crippen molar-refractivity contribution in [3.05, 3.63) is 29.8 Å². The predicted molar refractivity (Wildman–Crippen MR) is 72.5 cm³/mol. The van der Waals surface area contributed by atoms with Gasteiger partial charge < -0.3 is 10.6 Å². The van der Waals surface area contributed by atoms with Gasteiger partial charge in [-0.2, -0.15) is 0 Å². The molecule has 17 heavy (non-hydrogen) atoms. The number of hydrogen-bond acceptors (Lipinski definition) is 2. The maximum atomic E-state index is 3.74. The molecule has 2 aliphatic heterocycles. The first-order valence-corrected chi connectivity index (χ1v) is 6.52. The van der Waals surface area contributed by atoms with Crippen LogP contribution >= 0.6 is 0 Å². The highest BCUT2D eigenvalue weighted by Gasteiger charge is 2.51. The van der Waals surface area contributed by atoms with E-state index in [2.05, 4.69) is 62.6 Å². The topological polar surface area (TPSA) is 24.1 Å². The normalized spacial score (nSPS) is 32.5. The fourth-order valence-electron chi connectivity index (χ4n) is 3.46. The molecule has 3 rings (SSSR count). The first-order chi connectivity index (χ1) is 7.92. The zero-order valence-electron chi connectivity index (χ0n) is 11.2. The second-order valence-electron chi connectivity index (χ2n) is 6.75. The van der Waals surface area contributed by atoms with Crippen LogP contribution in [0.4, 0.5) is 5.69 Å². The summed E-state index contributed by atoms with van der Waals surface area (Å²) >= 11 is 0.